The van der Waals surface area contributed by atoms with E-state index in [1.807, 2.05) is 27.7 Å². The third-order valence-electron chi connectivity index (χ3n) is 7.10. The minimum absolute atomic E-state index is 0.115. The summed E-state index contributed by atoms with van der Waals surface area (Å²) < 4.78 is 18.9. The lowest BCUT2D eigenvalue weighted by Gasteiger charge is -2.26. The van der Waals surface area contributed by atoms with E-state index in [4.69, 9.17) is 0 Å². The Hall–Kier alpha value is -4.47. The lowest BCUT2D eigenvalue weighted by molar-refractivity contribution is 0.0963. The van der Waals surface area contributed by atoms with E-state index in [0.29, 0.717) is 24.1 Å². The van der Waals surface area contributed by atoms with E-state index < -0.39 is 22.6 Å². The molecule has 1 N–H and O–H groups in total. The molecule has 0 radical (unpaired) electrons. The van der Waals surface area contributed by atoms with E-state index >= 15 is 4.39 Å². The molecule has 1 amide bonds. The first-order chi connectivity index (χ1) is 20.1. The van der Waals surface area contributed by atoms with Gasteiger partial charge in [0, 0.05) is 38.3 Å². The molecule has 1 saturated carbocycles. The smallest absolute Gasteiger partial charge is 0.336 e. The van der Waals surface area contributed by atoms with Gasteiger partial charge in [-0.2, -0.15) is 0 Å². The molecule has 0 spiro atoms. The Morgan fingerprint density at radius 1 is 0.976 bits per heavy atom. The molecule has 42 heavy (non-hydrogen) atoms. The van der Waals surface area contributed by atoms with Crippen molar-refractivity contribution in [3.63, 3.8) is 0 Å². The summed E-state index contributed by atoms with van der Waals surface area (Å²) in [5.41, 5.74) is 0.290. The van der Waals surface area contributed by atoms with Gasteiger partial charge in [0.15, 0.2) is 0 Å². The van der Waals surface area contributed by atoms with Gasteiger partial charge in [0.05, 0.1) is 16.9 Å². The number of rotatable bonds is 5. The molecule has 1 fully saturated rings. The molecule has 2 heterocycles. The number of anilines is 2. The molecule has 0 unspecified atom stereocenters. The zero-order valence-corrected chi connectivity index (χ0v) is 25.8. The van der Waals surface area contributed by atoms with Gasteiger partial charge in [0.2, 0.25) is 0 Å². The Morgan fingerprint density at radius 2 is 1.62 bits per heavy atom. The maximum atomic E-state index is 15.1. The summed E-state index contributed by atoms with van der Waals surface area (Å²) in [6.45, 7) is 11.3. The molecule has 0 atom stereocenters. The average molecular weight is 578 g/mol. The highest BCUT2D eigenvalue weighted by Crippen LogP contribution is 2.35. The van der Waals surface area contributed by atoms with Crippen molar-refractivity contribution in [1.82, 2.24) is 19.0 Å². The van der Waals surface area contributed by atoms with Crippen LogP contribution in [-0.4, -0.2) is 33.7 Å². The number of amides is 1. The van der Waals surface area contributed by atoms with Crippen molar-refractivity contribution < 1.29 is 9.18 Å². The number of hydrogen-bond donors (Lipinski definition) is 1. The molecule has 224 valence electrons. The molecule has 1 aliphatic rings. The second-order valence-electron chi connectivity index (χ2n) is 9.70. The van der Waals surface area contributed by atoms with Crippen LogP contribution in [-0.2, 0) is 7.05 Å². The Balaban J connectivity index is 0.00000116. The van der Waals surface area contributed by atoms with Gasteiger partial charge in [-0.05, 0) is 62.6 Å². The summed E-state index contributed by atoms with van der Waals surface area (Å²) in [5, 5.41) is 2.68. The minimum atomic E-state index is -0.592. The molecular formula is C32H40FN5O4. The number of hydrogen-bond acceptors (Lipinski definition) is 5. The van der Waals surface area contributed by atoms with Crippen molar-refractivity contribution >= 4 is 28.3 Å². The van der Waals surface area contributed by atoms with E-state index in [1.54, 1.807) is 57.3 Å². The second kappa shape index (κ2) is 13.0. The van der Waals surface area contributed by atoms with Gasteiger partial charge in [0.1, 0.15) is 17.0 Å². The van der Waals surface area contributed by atoms with Crippen molar-refractivity contribution in [2.24, 2.45) is 7.05 Å². The molecule has 2 aromatic heterocycles. The van der Waals surface area contributed by atoms with Crippen LogP contribution in [0.15, 0.2) is 56.8 Å². The Kier molecular flexibility index (Phi) is 9.93. The van der Waals surface area contributed by atoms with E-state index in [-0.39, 0.29) is 39.9 Å². The molecule has 0 aliphatic heterocycles. The topological polar surface area (TPSA) is 98.3 Å². The van der Waals surface area contributed by atoms with E-state index in [1.165, 1.54) is 38.8 Å². The van der Waals surface area contributed by atoms with Crippen molar-refractivity contribution in [2.75, 3.05) is 19.0 Å². The number of pyridine rings is 1. The highest BCUT2D eigenvalue weighted by Gasteiger charge is 2.32. The van der Waals surface area contributed by atoms with Gasteiger partial charge < -0.3 is 10.2 Å². The van der Waals surface area contributed by atoms with Crippen molar-refractivity contribution in [3.05, 3.63) is 96.2 Å². The highest BCUT2D eigenvalue weighted by atomic mass is 19.1. The summed E-state index contributed by atoms with van der Waals surface area (Å²) in [6, 6.07) is 10.9. The first-order valence-corrected chi connectivity index (χ1v) is 14.3. The molecule has 1 aliphatic carbocycles. The van der Waals surface area contributed by atoms with Crippen LogP contribution in [0.5, 0.6) is 0 Å². The van der Waals surface area contributed by atoms with Crippen molar-refractivity contribution in [2.45, 2.75) is 60.4 Å². The Labute approximate surface area is 244 Å². The minimum Gasteiger partial charge on any atom is -0.355 e. The number of fused-ring (bicyclic) bond motifs is 1. The molecule has 5 rings (SSSR count). The second-order valence-corrected chi connectivity index (χ2v) is 9.70. The predicted molar refractivity (Wildman–Crippen MR) is 167 cm³/mol. The molecule has 0 bridgehead atoms. The maximum Gasteiger partial charge on any atom is 0.336 e. The highest BCUT2D eigenvalue weighted by molar-refractivity contribution is 5.96. The Morgan fingerprint density at radius 3 is 2.19 bits per heavy atom. The quantitative estimate of drug-likeness (QED) is 0.355. The molecule has 0 saturated heterocycles. The summed E-state index contributed by atoms with van der Waals surface area (Å²) in [7, 11) is 4.61. The summed E-state index contributed by atoms with van der Waals surface area (Å²) >= 11 is 0. The summed E-state index contributed by atoms with van der Waals surface area (Å²) in [4.78, 5) is 55.2. The lowest BCUT2D eigenvalue weighted by atomic mass is 10.1. The molecule has 9 nitrogen and oxygen atoms in total. The van der Waals surface area contributed by atoms with Crippen LogP contribution >= 0.6 is 0 Å². The summed E-state index contributed by atoms with van der Waals surface area (Å²) in [6.07, 6.45) is 1.34. The van der Waals surface area contributed by atoms with Crippen molar-refractivity contribution in [1.29, 1.82) is 0 Å². The van der Waals surface area contributed by atoms with E-state index in [0.717, 1.165) is 5.56 Å². The number of nitrogens with zero attached hydrogens (tertiary/aromatic N) is 4. The van der Waals surface area contributed by atoms with Crippen molar-refractivity contribution in [3.8, 4) is 5.69 Å². The normalized spacial score (nSPS) is 12.1. The first-order valence-electron chi connectivity index (χ1n) is 14.3. The van der Waals surface area contributed by atoms with Crippen LogP contribution in [0.4, 0.5) is 15.9 Å². The number of carbonyl (C=O) groups is 1. The molecule has 10 heteroatoms. The largest absolute Gasteiger partial charge is 0.355 e. The summed E-state index contributed by atoms with van der Waals surface area (Å²) in [5.74, 6) is -0.695. The van der Waals surface area contributed by atoms with Gasteiger partial charge in [-0.25, -0.2) is 9.18 Å². The van der Waals surface area contributed by atoms with Gasteiger partial charge in [-0.15, -0.1) is 0 Å². The van der Waals surface area contributed by atoms with Gasteiger partial charge in [-0.3, -0.25) is 28.1 Å². The molecular weight excluding hydrogens is 537 g/mol. The number of nitrogens with one attached hydrogen (secondary N) is 1. The van der Waals surface area contributed by atoms with Crippen LogP contribution in [0.2, 0.25) is 0 Å². The van der Waals surface area contributed by atoms with Crippen LogP contribution in [0.3, 0.4) is 0 Å². The fraction of sp³-hybridized carbons (Fsp3) is 0.375. The molecule has 4 aromatic rings. The van der Waals surface area contributed by atoms with Gasteiger partial charge in [0.25, 0.3) is 17.0 Å². The number of benzene rings is 2. The maximum absolute atomic E-state index is 15.1. The van der Waals surface area contributed by atoms with Crippen LogP contribution in [0.25, 0.3) is 16.6 Å². The van der Waals surface area contributed by atoms with Crippen LogP contribution < -0.4 is 27.0 Å². The zero-order valence-electron chi connectivity index (χ0n) is 25.8. The zero-order chi connectivity index (χ0) is 31.5. The third kappa shape index (κ3) is 5.53. The number of halogens is 1. The third-order valence-corrected chi connectivity index (χ3v) is 7.10. The molecule has 2 aromatic carbocycles. The van der Waals surface area contributed by atoms with Gasteiger partial charge in [-0.1, -0.05) is 39.8 Å². The number of aromatic nitrogens is 3. The fourth-order valence-corrected chi connectivity index (χ4v) is 5.01. The standard InChI is InChI=1S/C28H28FN5O4.2C2H6/c1-15-9-12-21(20(29)13-15)31(4)25-22-23(16(2)26(36)32(25)5)33(28(38)34(27(22)37)18-10-11-18)19-8-6-7-17(14-19)24(35)30-3;2*1-2/h6-9,12-14,18H,10-11H2,1-5H3,(H,30,35);2*1-2H3. The SMILES string of the molecule is CC.CC.CNC(=O)c1cccc(-n2c(=O)n(C3CC3)c(=O)c3c(N(C)c4ccc(C)cc4F)n(C)c(=O)c(C)c32)c1. The van der Waals surface area contributed by atoms with E-state index in [2.05, 4.69) is 5.32 Å². The van der Waals surface area contributed by atoms with Gasteiger partial charge >= 0.3 is 5.69 Å². The fourth-order valence-electron chi connectivity index (χ4n) is 5.01. The van der Waals surface area contributed by atoms with Crippen LogP contribution in [0, 0.1) is 19.7 Å². The number of aryl methyl sites for hydroxylation is 2. The van der Waals surface area contributed by atoms with E-state index in [9.17, 15) is 19.2 Å². The lowest BCUT2D eigenvalue weighted by Crippen LogP contribution is -2.42. The van der Waals surface area contributed by atoms with Crippen LogP contribution in [0.1, 0.15) is 68.1 Å². The predicted octanol–water partition coefficient (Wildman–Crippen LogP) is 5.12. The Bertz CT molecular complexity index is 1820. The average Bonchev–Trinajstić information content (AvgIpc) is 3.83. The monoisotopic (exact) mass is 577 g/mol. The first kappa shape index (κ1) is 32.0. The number of carbonyl (C=O) groups excluding carboxylic acids is 1.